The molecular formula is C19H32. The molecule has 0 aliphatic heterocycles. The van der Waals surface area contributed by atoms with E-state index < -0.39 is 0 Å². The van der Waals surface area contributed by atoms with Crippen LogP contribution in [0.2, 0.25) is 0 Å². The predicted octanol–water partition coefficient (Wildman–Crippen LogP) is 6.81. The normalized spacial score (nSPS) is 10.9. The lowest BCUT2D eigenvalue weighted by Crippen LogP contribution is -1.78. The van der Waals surface area contributed by atoms with Gasteiger partial charge in [-0.1, -0.05) is 89.0 Å². The Morgan fingerprint density at radius 1 is 0.789 bits per heavy atom. The fourth-order valence-corrected chi connectivity index (χ4v) is 0.806. The van der Waals surface area contributed by atoms with Crippen molar-refractivity contribution in [3.63, 3.8) is 0 Å². The zero-order valence-electron chi connectivity index (χ0n) is 14.0. The SMILES string of the molecule is C=C/C(C)=C\C=C(/C)C(=C)/C=C\C(=C)C.CC.CC. The van der Waals surface area contributed by atoms with Gasteiger partial charge in [-0.15, -0.1) is 0 Å². The molecule has 0 radical (unpaired) electrons. The average Bonchev–Trinajstić information content (AvgIpc) is 2.45. The second kappa shape index (κ2) is 16.4. The molecule has 0 nitrogen and oxygen atoms in total. The van der Waals surface area contributed by atoms with E-state index in [1.54, 1.807) is 0 Å². The molecule has 0 spiro atoms. The highest BCUT2D eigenvalue weighted by Gasteiger charge is 1.90. The Bertz CT molecular complexity index is 346. The number of rotatable bonds is 5. The first-order chi connectivity index (χ1) is 8.97. The smallest absolute Gasteiger partial charge is 0.0299 e. The van der Waals surface area contributed by atoms with Crippen molar-refractivity contribution in [3.05, 3.63) is 72.4 Å². The van der Waals surface area contributed by atoms with Crippen LogP contribution in [-0.2, 0) is 0 Å². The van der Waals surface area contributed by atoms with Crippen LogP contribution in [0.3, 0.4) is 0 Å². The zero-order valence-corrected chi connectivity index (χ0v) is 14.0. The van der Waals surface area contributed by atoms with Crippen LogP contribution in [-0.4, -0.2) is 0 Å². The van der Waals surface area contributed by atoms with Gasteiger partial charge in [0.2, 0.25) is 0 Å². The summed E-state index contributed by atoms with van der Waals surface area (Å²) in [6.07, 6.45) is 9.84. The van der Waals surface area contributed by atoms with Crippen molar-refractivity contribution in [2.24, 2.45) is 0 Å². The van der Waals surface area contributed by atoms with Crippen LogP contribution < -0.4 is 0 Å². The molecule has 0 aromatic rings. The lowest BCUT2D eigenvalue weighted by Gasteiger charge is -1.98. The van der Waals surface area contributed by atoms with Crippen molar-refractivity contribution in [2.75, 3.05) is 0 Å². The van der Waals surface area contributed by atoms with Crippen LogP contribution in [0.15, 0.2) is 72.4 Å². The van der Waals surface area contributed by atoms with Crippen molar-refractivity contribution >= 4 is 0 Å². The third kappa shape index (κ3) is 16.4. The van der Waals surface area contributed by atoms with E-state index in [1.165, 1.54) is 0 Å². The lowest BCUT2D eigenvalue weighted by atomic mass is 10.1. The minimum atomic E-state index is 1.01. The summed E-state index contributed by atoms with van der Waals surface area (Å²) in [5.41, 5.74) is 4.33. The van der Waals surface area contributed by atoms with Crippen LogP contribution in [0.25, 0.3) is 0 Å². The van der Waals surface area contributed by atoms with Gasteiger partial charge < -0.3 is 0 Å². The molecule has 0 aromatic carbocycles. The molecule has 0 heteroatoms. The topological polar surface area (TPSA) is 0 Å². The van der Waals surface area contributed by atoms with Crippen LogP contribution in [0.1, 0.15) is 48.5 Å². The van der Waals surface area contributed by atoms with E-state index in [1.807, 2.05) is 78.8 Å². The molecule has 0 fully saturated rings. The molecule has 108 valence electrons. The summed E-state index contributed by atoms with van der Waals surface area (Å²) in [6, 6.07) is 0. The fraction of sp³-hybridized carbons (Fsp3) is 0.368. The standard InChI is InChI=1S/C15H20.2C2H6/c1-7-13(4)9-11-15(6)14(5)10-8-12(2)3;2*1-2/h7-11H,1-2,5H2,3-4,6H3;2*1-2H3/b10-8-,13-9-,15-11+;;. The highest BCUT2D eigenvalue weighted by molar-refractivity contribution is 5.40. The summed E-state index contributed by atoms with van der Waals surface area (Å²) in [4.78, 5) is 0. The predicted molar refractivity (Wildman–Crippen MR) is 93.5 cm³/mol. The Hall–Kier alpha value is -1.56. The molecule has 0 aliphatic carbocycles. The van der Waals surface area contributed by atoms with Crippen LogP contribution in [0.5, 0.6) is 0 Å². The number of allylic oxidation sites excluding steroid dienone is 9. The Morgan fingerprint density at radius 3 is 1.63 bits per heavy atom. The second-order valence-electron chi connectivity index (χ2n) is 3.67. The summed E-state index contributed by atoms with van der Waals surface area (Å²) >= 11 is 0. The maximum Gasteiger partial charge on any atom is -0.0299 e. The highest BCUT2D eigenvalue weighted by Crippen LogP contribution is 2.10. The van der Waals surface area contributed by atoms with Gasteiger partial charge in [0.25, 0.3) is 0 Å². The lowest BCUT2D eigenvalue weighted by molar-refractivity contribution is 1.42. The van der Waals surface area contributed by atoms with Crippen LogP contribution >= 0.6 is 0 Å². The van der Waals surface area contributed by atoms with Gasteiger partial charge in [-0.2, -0.15) is 0 Å². The first-order valence-corrected chi connectivity index (χ1v) is 6.98. The summed E-state index contributed by atoms with van der Waals surface area (Å²) < 4.78 is 0. The molecule has 0 aromatic heterocycles. The van der Waals surface area contributed by atoms with E-state index in [0.717, 1.165) is 22.3 Å². The highest BCUT2D eigenvalue weighted by atomic mass is 14.0. The van der Waals surface area contributed by atoms with Gasteiger partial charge in [0.15, 0.2) is 0 Å². The number of hydrogen-bond donors (Lipinski definition) is 0. The van der Waals surface area contributed by atoms with Crippen LogP contribution in [0, 0.1) is 0 Å². The first kappa shape index (κ1) is 22.6. The molecule has 0 N–H and O–H groups in total. The summed E-state index contributed by atoms with van der Waals surface area (Å²) in [5, 5.41) is 0. The van der Waals surface area contributed by atoms with Crippen LogP contribution in [0.4, 0.5) is 0 Å². The maximum atomic E-state index is 3.98. The van der Waals surface area contributed by atoms with Crippen molar-refractivity contribution in [1.82, 2.24) is 0 Å². The molecule has 0 bridgehead atoms. The Labute approximate surface area is 121 Å². The molecule has 0 saturated carbocycles. The Balaban J connectivity index is -0.000000579. The minimum Gasteiger partial charge on any atom is -0.0988 e. The third-order valence-corrected chi connectivity index (χ3v) is 1.99. The zero-order chi connectivity index (χ0) is 15.8. The van der Waals surface area contributed by atoms with Gasteiger partial charge in [-0.05, 0) is 31.9 Å². The van der Waals surface area contributed by atoms with E-state index in [4.69, 9.17) is 0 Å². The Kier molecular flexibility index (Phi) is 19.6. The molecule has 0 amide bonds. The third-order valence-electron chi connectivity index (χ3n) is 1.99. The molecule has 19 heavy (non-hydrogen) atoms. The monoisotopic (exact) mass is 260 g/mol. The molecule has 0 unspecified atom stereocenters. The molecule has 0 aliphatic rings. The van der Waals surface area contributed by atoms with Crippen molar-refractivity contribution < 1.29 is 0 Å². The van der Waals surface area contributed by atoms with Gasteiger partial charge >= 0.3 is 0 Å². The molecule has 0 rings (SSSR count). The summed E-state index contributed by atoms with van der Waals surface area (Å²) in [6.45, 7) is 25.5. The molecule has 0 heterocycles. The van der Waals surface area contributed by atoms with Gasteiger partial charge in [-0.25, -0.2) is 0 Å². The van der Waals surface area contributed by atoms with Gasteiger partial charge in [-0.3, -0.25) is 0 Å². The molecule has 0 saturated heterocycles. The van der Waals surface area contributed by atoms with E-state index in [2.05, 4.69) is 19.7 Å². The fourth-order valence-electron chi connectivity index (χ4n) is 0.806. The molecule has 0 atom stereocenters. The summed E-state index contributed by atoms with van der Waals surface area (Å²) in [5.74, 6) is 0. The van der Waals surface area contributed by atoms with Crippen molar-refractivity contribution in [1.29, 1.82) is 0 Å². The van der Waals surface area contributed by atoms with Crippen molar-refractivity contribution in [2.45, 2.75) is 48.5 Å². The van der Waals surface area contributed by atoms with E-state index >= 15 is 0 Å². The van der Waals surface area contributed by atoms with Crippen molar-refractivity contribution in [3.8, 4) is 0 Å². The van der Waals surface area contributed by atoms with Gasteiger partial charge in [0.1, 0.15) is 0 Å². The van der Waals surface area contributed by atoms with E-state index in [-0.39, 0.29) is 0 Å². The Morgan fingerprint density at radius 2 is 1.26 bits per heavy atom. The van der Waals surface area contributed by atoms with Gasteiger partial charge in [0.05, 0.1) is 0 Å². The summed E-state index contributed by atoms with van der Waals surface area (Å²) in [7, 11) is 0. The molecular weight excluding hydrogens is 228 g/mol. The minimum absolute atomic E-state index is 1.01. The first-order valence-electron chi connectivity index (χ1n) is 6.98. The van der Waals surface area contributed by atoms with Gasteiger partial charge in [0, 0.05) is 0 Å². The maximum absolute atomic E-state index is 3.98. The van der Waals surface area contributed by atoms with E-state index in [0.29, 0.717) is 0 Å². The quantitative estimate of drug-likeness (QED) is 0.476. The largest absolute Gasteiger partial charge is 0.0988 e. The average molecular weight is 260 g/mol. The number of hydrogen-bond acceptors (Lipinski definition) is 0. The van der Waals surface area contributed by atoms with E-state index in [9.17, 15) is 0 Å². The second-order valence-corrected chi connectivity index (χ2v) is 3.67.